The third-order valence-corrected chi connectivity index (χ3v) is 10.2. The number of hydrogen-bond donors (Lipinski definition) is 1. The van der Waals surface area contributed by atoms with Crippen LogP contribution >= 0.6 is 0 Å². The summed E-state index contributed by atoms with van der Waals surface area (Å²) >= 11 is 0. The van der Waals surface area contributed by atoms with Gasteiger partial charge in [0.05, 0.1) is 55.4 Å². The molecule has 4 aromatic rings. The smallest absolute Gasteiger partial charge is 0.188 e. The summed E-state index contributed by atoms with van der Waals surface area (Å²) in [6, 6.07) is 26.9. The highest BCUT2D eigenvalue weighted by Gasteiger charge is 2.37. The molecular weight excluding hydrogens is 620 g/mol. The van der Waals surface area contributed by atoms with Crippen molar-refractivity contribution >= 4 is 21.5 Å². The summed E-state index contributed by atoms with van der Waals surface area (Å²) < 4.78 is 44.0. The largest absolute Gasteiger partial charge is 0.496 e. The maximum absolute atomic E-state index is 11.3. The maximum atomic E-state index is 11.3. The predicted octanol–water partition coefficient (Wildman–Crippen LogP) is 8.53. The molecule has 0 bridgehead atoms. The topological polar surface area (TPSA) is 84.8 Å². The molecule has 7 unspecified atom stereocenters. The van der Waals surface area contributed by atoms with Crippen LogP contribution in [-0.2, 0) is 28.4 Å². The van der Waals surface area contributed by atoms with E-state index in [9.17, 15) is 5.11 Å². The first-order valence-corrected chi connectivity index (χ1v) is 18.0. The summed E-state index contributed by atoms with van der Waals surface area (Å²) in [5, 5.41) is 15.9. The van der Waals surface area contributed by atoms with Gasteiger partial charge in [-0.1, -0.05) is 73.7 Å². The van der Waals surface area contributed by atoms with Gasteiger partial charge in [0.2, 0.25) is 0 Å². The van der Waals surface area contributed by atoms with E-state index in [0.717, 1.165) is 52.3 Å². The first kappa shape index (κ1) is 34.4. The van der Waals surface area contributed by atoms with Crippen LogP contribution in [0.3, 0.4) is 0 Å². The van der Waals surface area contributed by atoms with Gasteiger partial charge in [0.15, 0.2) is 18.9 Å². The van der Waals surface area contributed by atoms with Gasteiger partial charge in [0.1, 0.15) is 5.75 Å². The van der Waals surface area contributed by atoms with Crippen molar-refractivity contribution in [2.45, 2.75) is 127 Å². The van der Waals surface area contributed by atoms with Gasteiger partial charge in [0, 0.05) is 24.8 Å². The van der Waals surface area contributed by atoms with Crippen molar-refractivity contribution in [2.75, 3.05) is 7.11 Å². The zero-order valence-electron chi connectivity index (χ0n) is 29.0. The van der Waals surface area contributed by atoms with Gasteiger partial charge >= 0.3 is 0 Å². The fourth-order valence-electron chi connectivity index (χ4n) is 7.87. The Morgan fingerprint density at radius 1 is 0.673 bits per heavy atom. The Morgan fingerprint density at radius 2 is 1.31 bits per heavy atom. The Kier molecular flexibility index (Phi) is 10.8. The average Bonchev–Trinajstić information content (AvgIpc) is 3.10. The zero-order chi connectivity index (χ0) is 33.9. The molecule has 0 amide bonds. The normalized spacial score (nSPS) is 31.5. The van der Waals surface area contributed by atoms with Gasteiger partial charge in [-0.3, -0.25) is 0 Å². The Balaban J connectivity index is 0.971. The van der Waals surface area contributed by atoms with E-state index in [0.29, 0.717) is 25.7 Å². The molecule has 0 radical (unpaired) electrons. The molecule has 3 aliphatic rings. The van der Waals surface area contributed by atoms with Gasteiger partial charge in [-0.2, -0.15) is 0 Å². The lowest BCUT2D eigenvalue weighted by molar-refractivity contribution is -0.271. The second kappa shape index (κ2) is 15.4. The van der Waals surface area contributed by atoms with Crippen LogP contribution in [0.25, 0.3) is 21.5 Å². The van der Waals surface area contributed by atoms with Crippen molar-refractivity contribution in [1.82, 2.24) is 0 Å². The van der Waals surface area contributed by atoms with E-state index in [1.165, 1.54) is 5.39 Å². The summed E-state index contributed by atoms with van der Waals surface area (Å²) in [4.78, 5) is 0. The zero-order valence-corrected chi connectivity index (χ0v) is 29.0. The molecular formula is C41H50O8. The SMILES string of the molecule is CCC1CC(CC(O)CC2CC(CC3CC(C)O[C@@H](c4c(OC)ccc5ccccc45)O3)O[C@@H](C)O2)O[C@@H](c2ccc3ccccc3c2)O1. The summed E-state index contributed by atoms with van der Waals surface area (Å²) in [6.07, 6.45) is 2.63. The van der Waals surface area contributed by atoms with Crippen LogP contribution < -0.4 is 4.74 Å². The van der Waals surface area contributed by atoms with Crippen LogP contribution in [0.2, 0.25) is 0 Å². The first-order chi connectivity index (χ1) is 23.8. The number of ether oxygens (including phenoxy) is 7. The minimum Gasteiger partial charge on any atom is -0.496 e. The lowest BCUT2D eigenvalue weighted by Gasteiger charge is -2.40. The monoisotopic (exact) mass is 670 g/mol. The molecule has 4 aromatic carbocycles. The lowest BCUT2D eigenvalue weighted by Crippen LogP contribution is -2.42. The highest BCUT2D eigenvalue weighted by atomic mass is 16.7. The molecule has 8 heteroatoms. The number of aliphatic hydroxyl groups excluding tert-OH is 1. The third-order valence-electron chi connectivity index (χ3n) is 10.2. The van der Waals surface area contributed by atoms with Crippen LogP contribution in [-0.4, -0.2) is 61.2 Å². The summed E-state index contributed by atoms with van der Waals surface area (Å²) in [5.74, 6) is 0.754. The van der Waals surface area contributed by atoms with Crippen molar-refractivity contribution in [1.29, 1.82) is 0 Å². The summed E-state index contributed by atoms with van der Waals surface area (Å²) in [6.45, 7) is 6.17. The van der Waals surface area contributed by atoms with E-state index in [1.54, 1.807) is 7.11 Å². The van der Waals surface area contributed by atoms with E-state index in [4.69, 9.17) is 33.2 Å². The number of hydrogen-bond acceptors (Lipinski definition) is 8. The van der Waals surface area contributed by atoms with Gasteiger partial charge in [0.25, 0.3) is 0 Å². The van der Waals surface area contributed by atoms with Crippen molar-refractivity contribution in [3.05, 3.63) is 90.0 Å². The van der Waals surface area contributed by atoms with Crippen LogP contribution in [0.1, 0.15) is 89.4 Å². The molecule has 49 heavy (non-hydrogen) atoms. The maximum Gasteiger partial charge on any atom is 0.188 e. The van der Waals surface area contributed by atoms with Gasteiger partial charge < -0.3 is 38.3 Å². The van der Waals surface area contributed by atoms with Crippen molar-refractivity contribution in [2.24, 2.45) is 0 Å². The van der Waals surface area contributed by atoms with Gasteiger partial charge in [-0.15, -0.1) is 0 Å². The second-order valence-corrected chi connectivity index (χ2v) is 14.0. The Hall–Kier alpha value is -3.08. The fourth-order valence-corrected chi connectivity index (χ4v) is 7.87. The molecule has 3 fully saturated rings. The van der Waals surface area contributed by atoms with Crippen molar-refractivity contribution in [3.8, 4) is 5.75 Å². The lowest BCUT2D eigenvalue weighted by atomic mass is 9.94. The summed E-state index contributed by atoms with van der Waals surface area (Å²) in [5.41, 5.74) is 1.93. The van der Waals surface area contributed by atoms with E-state index < -0.39 is 18.7 Å². The minimum absolute atomic E-state index is 0.00663. The van der Waals surface area contributed by atoms with Crippen molar-refractivity contribution < 1.29 is 38.3 Å². The molecule has 3 saturated heterocycles. The molecule has 3 heterocycles. The Bertz CT molecular complexity index is 1690. The standard InChI is InChI=1S/C41H50O8/c1-5-32-22-35(48-40(47-32)30-15-14-27-10-6-7-12-29(27)19-30)21-31(42)20-34-24-36(46-26(3)45-34)23-33-18-25(2)44-41(49-33)39-37-13-9-8-11-28(37)16-17-38(39)43-4/h6-17,19,25-26,31-36,40-42H,5,18,20-24H2,1-4H3/t25?,26-,31?,32?,33?,34?,35?,36?,40-,41+/m0/s1. The number of aliphatic hydroxyl groups is 1. The van der Waals surface area contributed by atoms with E-state index in [1.807, 2.05) is 37.3 Å². The molecule has 0 saturated carbocycles. The first-order valence-electron chi connectivity index (χ1n) is 18.0. The van der Waals surface area contributed by atoms with E-state index in [-0.39, 0.29) is 42.9 Å². The summed E-state index contributed by atoms with van der Waals surface area (Å²) in [7, 11) is 1.68. The van der Waals surface area contributed by atoms with Gasteiger partial charge in [-0.25, -0.2) is 0 Å². The number of methoxy groups -OCH3 is 1. The second-order valence-electron chi connectivity index (χ2n) is 14.0. The highest BCUT2D eigenvalue weighted by molar-refractivity contribution is 5.88. The highest BCUT2D eigenvalue weighted by Crippen LogP contribution is 2.41. The third kappa shape index (κ3) is 8.12. The van der Waals surface area contributed by atoms with Gasteiger partial charge in [-0.05, 0) is 73.2 Å². The quantitative estimate of drug-likeness (QED) is 0.180. The average molecular weight is 671 g/mol. The molecule has 1 N–H and O–H groups in total. The molecule has 262 valence electrons. The molecule has 0 aliphatic carbocycles. The molecule has 7 rings (SSSR count). The van der Waals surface area contributed by atoms with Crippen LogP contribution in [0.15, 0.2) is 78.9 Å². The molecule has 0 spiro atoms. The Labute approximate surface area is 289 Å². The van der Waals surface area contributed by atoms with E-state index >= 15 is 0 Å². The van der Waals surface area contributed by atoms with Crippen LogP contribution in [0, 0.1) is 0 Å². The van der Waals surface area contributed by atoms with Crippen molar-refractivity contribution in [3.63, 3.8) is 0 Å². The number of benzene rings is 4. The van der Waals surface area contributed by atoms with Crippen LogP contribution in [0.5, 0.6) is 5.75 Å². The van der Waals surface area contributed by atoms with E-state index in [2.05, 4.69) is 62.4 Å². The minimum atomic E-state index is -0.573. The number of rotatable bonds is 10. The molecule has 0 aromatic heterocycles. The molecule has 10 atom stereocenters. The molecule has 3 aliphatic heterocycles. The fraction of sp³-hybridized carbons (Fsp3) is 0.512. The predicted molar refractivity (Wildman–Crippen MR) is 188 cm³/mol. The van der Waals surface area contributed by atoms with Crippen LogP contribution in [0.4, 0.5) is 0 Å². The Morgan fingerprint density at radius 3 is 2.10 bits per heavy atom. The number of fused-ring (bicyclic) bond motifs is 2. The molecule has 8 nitrogen and oxygen atoms in total.